The summed E-state index contributed by atoms with van der Waals surface area (Å²) in [6, 6.07) is 10.3. The van der Waals surface area contributed by atoms with Crippen LogP contribution >= 0.6 is 0 Å². The number of alkyl halides is 3. The van der Waals surface area contributed by atoms with Crippen molar-refractivity contribution in [2.75, 3.05) is 33.1 Å². The first-order valence-electron chi connectivity index (χ1n) is 10.5. The van der Waals surface area contributed by atoms with Gasteiger partial charge in [0.05, 0.1) is 24.2 Å². The molecule has 7 nitrogen and oxygen atoms in total. The van der Waals surface area contributed by atoms with Crippen LogP contribution in [0.3, 0.4) is 0 Å². The summed E-state index contributed by atoms with van der Waals surface area (Å²) in [6.07, 6.45) is -5.24. The lowest BCUT2D eigenvalue weighted by Gasteiger charge is -2.22. The molecule has 0 N–H and O–H groups in total. The van der Waals surface area contributed by atoms with Gasteiger partial charge in [-0.25, -0.2) is 8.42 Å². The number of ether oxygens (including phenoxy) is 3. The molecule has 1 aliphatic rings. The maximum Gasteiger partial charge on any atom is 0.425 e. The monoisotopic (exact) mass is 501 g/mol. The molecular formula is C23H26F3NO6S. The predicted octanol–water partition coefficient (Wildman–Crippen LogP) is 3.97. The van der Waals surface area contributed by atoms with Crippen molar-refractivity contribution in [1.29, 1.82) is 0 Å². The van der Waals surface area contributed by atoms with Crippen LogP contribution in [0.25, 0.3) is 0 Å². The predicted molar refractivity (Wildman–Crippen MR) is 118 cm³/mol. The van der Waals surface area contributed by atoms with Gasteiger partial charge < -0.3 is 19.1 Å². The molecule has 11 heteroatoms. The number of hydrogen-bond donors (Lipinski definition) is 0. The average Bonchev–Trinajstić information content (AvgIpc) is 3.25. The molecule has 34 heavy (non-hydrogen) atoms. The van der Waals surface area contributed by atoms with Crippen molar-refractivity contribution in [3.05, 3.63) is 48.0 Å². The molecule has 0 saturated carbocycles. The van der Waals surface area contributed by atoms with Gasteiger partial charge in [-0.3, -0.25) is 4.79 Å². The number of carbonyl (C=O) groups excluding carboxylic acids is 1. The minimum absolute atomic E-state index is 0.00242. The zero-order chi connectivity index (χ0) is 25.1. The lowest BCUT2D eigenvalue weighted by atomic mass is 10.1. The van der Waals surface area contributed by atoms with Gasteiger partial charge in [-0.1, -0.05) is 0 Å². The Kier molecular flexibility index (Phi) is 7.64. The molecule has 186 valence electrons. The first kappa shape index (κ1) is 25.7. The molecule has 1 amide bonds. The van der Waals surface area contributed by atoms with Crippen LogP contribution in [0.15, 0.2) is 47.4 Å². The fraction of sp³-hybridized carbons (Fsp3) is 0.435. The van der Waals surface area contributed by atoms with E-state index in [1.165, 1.54) is 4.90 Å². The van der Waals surface area contributed by atoms with E-state index in [1.807, 2.05) is 0 Å². The first-order chi connectivity index (χ1) is 15.9. The van der Waals surface area contributed by atoms with E-state index in [2.05, 4.69) is 0 Å². The topological polar surface area (TPSA) is 82.1 Å². The number of likely N-dealkylation sites (tertiary alicyclic amines) is 1. The molecule has 2 aromatic carbocycles. The molecule has 0 bridgehead atoms. The third-order valence-corrected chi connectivity index (χ3v) is 6.60. The zero-order valence-electron chi connectivity index (χ0n) is 19.0. The molecule has 1 unspecified atom stereocenters. The van der Waals surface area contributed by atoms with Gasteiger partial charge in [0.15, 0.2) is 15.9 Å². The number of methoxy groups -OCH3 is 1. The molecule has 2 atom stereocenters. The number of amides is 1. The Morgan fingerprint density at radius 3 is 2.38 bits per heavy atom. The summed E-state index contributed by atoms with van der Waals surface area (Å²) in [5.74, 6) is 0.423. The molecule has 0 spiro atoms. The van der Waals surface area contributed by atoms with Gasteiger partial charge in [0.25, 0.3) is 5.91 Å². The highest BCUT2D eigenvalue weighted by Gasteiger charge is 2.39. The molecule has 1 heterocycles. The first-order valence-corrected chi connectivity index (χ1v) is 12.4. The Balaban J connectivity index is 1.74. The summed E-state index contributed by atoms with van der Waals surface area (Å²) in [4.78, 5) is 14.5. The molecule has 0 aromatic heterocycles. The van der Waals surface area contributed by atoms with Gasteiger partial charge in [-0.15, -0.1) is 0 Å². The zero-order valence-corrected chi connectivity index (χ0v) is 19.8. The van der Waals surface area contributed by atoms with Gasteiger partial charge >= 0.3 is 6.18 Å². The maximum atomic E-state index is 13.2. The van der Waals surface area contributed by atoms with E-state index < -0.39 is 28.0 Å². The summed E-state index contributed by atoms with van der Waals surface area (Å²) in [5.41, 5.74) is -0.226. The molecule has 1 aliphatic heterocycles. The van der Waals surface area contributed by atoms with E-state index in [0.29, 0.717) is 37.6 Å². The van der Waals surface area contributed by atoms with E-state index in [4.69, 9.17) is 14.2 Å². The van der Waals surface area contributed by atoms with Crippen LogP contribution in [0.5, 0.6) is 17.2 Å². The number of sulfone groups is 1. The van der Waals surface area contributed by atoms with Crippen LogP contribution in [0, 0.1) is 5.92 Å². The SMILES string of the molecule is COc1ccc(OCC2CCN(C(=O)c3cc(S(C)(=O)=O)ccc3O[C@@H](C)C(F)(F)F)C2)cc1. The summed E-state index contributed by atoms with van der Waals surface area (Å²) in [6.45, 7) is 1.83. The quantitative estimate of drug-likeness (QED) is 0.545. The molecule has 0 radical (unpaired) electrons. The van der Waals surface area contributed by atoms with Crippen LogP contribution in [-0.4, -0.2) is 64.6 Å². The van der Waals surface area contributed by atoms with Crippen molar-refractivity contribution in [1.82, 2.24) is 4.90 Å². The summed E-state index contributed by atoms with van der Waals surface area (Å²) in [7, 11) is -2.13. The molecule has 0 aliphatic carbocycles. The molecule has 3 rings (SSSR count). The third-order valence-electron chi connectivity index (χ3n) is 5.49. The van der Waals surface area contributed by atoms with Gasteiger partial charge in [-0.05, 0) is 55.8 Å². The van der Waals surface area contributed by atoms with E-state index in [0.717, 1.165) is 31.4 Å². The van der Waals surface area contributed by atoms with Crippen molar-refractivity contribution in [2.45, 2.75) is 30.5 Å². The second kappa shape index (κ2) is 10.1. The Bertz CT molecular complexity index is 1120. The molecule has 1 fully saturated rings. The summed E-state index contributed by atoms with van der Waals surface area (Å²) >= 11 is 0. The van der Waals surface area contributed by atoms with Crippen LogP contribution in [-0.2, 0) is 9.84 Å². The van der Waals surface area contributed by atoms with Crippen LogP contribution in [0.4, 0.5) is 13.2 Å². The van der Waals surface area contributed by atoms with Crippen LogP contribution in [0.2, 0.25) is 0 Å². The van der Waals surface area contributed by atoms with Crippen molar-refractivity contribution >= 4 is 15.7 Å². The maximum absolute atomic E-state index is 13.2. The van der Waals surface area contributed by atoms with Gasteiger partial charge in [-0.2, -0.15) is 13.2 Å². The van der Waals surface area contributed by atoms with Crippen molar-refractivity contribution in [3.8, 4) is 17.2 Å². The summed E-state index contributed by atoms with van der Waals surface area (Å²) in [5, 5.41) is 0. The lowest BCUT2D eigenvalue weighted by molar-refractivity contribution is -0.189. The van der Waals surface area contributed by atoms with E-state index in [1.54, 1.807) is 31.4 Å². The molecular weight excluding hydrogens is 475 g/mol. The fourth-order valence-electron chi connectivity index (χ4n) is 3.48. The Morgan fingerprint density at radius 2 is 1.79 bits per heavy atom. The Hall–Kier alpha value is -2.95. The van der Waals surface area contributed by atoms with Gasteiger partial charge in [0, 0.05) is 25.3 Å². The fourth-order valence-corrected chi connectivity index (χ4v) is 4.12. The second-order valence-corrected chi connectivity index (χ2v) is 10.1. The van der Waals surface area contributed by atoms with Crippen molar-refractivity contribution in [2.24, 2.45) is 5.92 Å². The van der Waals surface area contributed by atoms with E-state index in [-0.39, 0.29) is 22.1 Å². The van der Waals surface area contributed by atoms with Gasteiger partial charge in [0.1, 0.15) is 17.2 Å². The average molecular weight is 502 g/mol. The normalized spacial score (nSPS) is 17.4. The Labute approximate surface area is 196 Å². The second-order valence-electron chi connectivity index (χ2n) is 8.12. The van der Waals surface area contributed by atoms with Crippen molar-refractivity contribution < 1.29 is 40.6 Å². The Morgan fingerprint density at radius 1 is 1.15 bits per heavy atom. The molecule has 1 saturated heterocycles. The standard InChI is InChI=1S/C23H26F3NO6S/c1-15(23(24,25)26)33-21-9-8-19(34(3,29)30)12-20(21)22(28)27-11-10-16(13-27)14-32-18-6-4-17(31-2)5-7-18/h4-9,12,15-16H,10-11,13-14H2,1-3H3/t15-,16?/m0/s1. The largest absolute Gasteiger partial charge is 0.497 e. The highest BCUT2D eigenvalue weighted by atomic mass is 32.2. The number of nitrogens with zero attached hydrogens (tertiary/aromatic N) is 1. The smallest absolute Gasteiger partial charge is 0.425 e. The molecule has 2 aromatic rings. The highest BCUT2D eigenvalue weighted by Crippen LogP contribution is 2.31. The number of carbonyl (C=O) groups is 1. The van der Waals surface area contributed by atoms with E-state index in [9.17, 15) is 26.4 Å². The summed E-state index contributed by atoms with van der Waals surface area (Å²) < 4.78 is 78.9. The van der Waals surface area contributed by atoms with Crippen molar-refractivity contribution in [3.63, 3.8) is 0 Å². The van der Waals surface area contributed by atoms with Crippen LogP contribution < -0.4 is 14.2 Å². The third kappa shape index (κ3) is 6.34. The van der Waals surface area contributed by atoms with E-state index >= 15 is 0 Å². The number of hydrogen-bond acceptors (Lipinski definition) is 6. The number of halogens is 3. The highest BCUT2D eigenvalue weighted by molar-refractivity contribution is 7.90. The van der Waals surface area contributed by atoms with Crippen LogP contribution in [0.1, 0.15) is 23.7 Å². The number of benzene rings is 2. The van der Waals surface area contributed by atoms with Gasteiger partial charge in [0.2, 0.25) is 0 Å². The lowest BCUT2D eigenvalue weighted by Crippen LogP contribution is -2.33. The number of rotatable bonds is 8. The minimum atomic E-state index is -4.65. The minimum Gasteiger partial charge on any atom is -0.497 e.